The summed E-state index contributed by atoms with van der Waals surface area (Å²) >= 11 is 3.13. The van der Waals surface area contributed by atoms with Crippen molar-refractivity contribution in [3.63, 3.8) is 0 Å². The molecule has 0 unspecified atom stereocenters. The van der Waals surface area contributed by atoms with E-state index in [1.807, 2.05) is 0 Å². The molecule has 1 N–H and O–H groups in total. The van der Waals surface area contributed by atoms with Crippen LogP contribution < -0.4 is 14.8 Å². The van der Waals surface area contributed by atoms with Gasteiger partial charge in [-0.15, -0.1) is 0 Å². The van der Waals surface area contributed by atoms with E-state index in [2.05, 4.69) is 31.2 Å². The summed E-state index contributed by atoms with van der Waals surface area (Å²) in [5.74, 6) is -0.511. The van der Waals surface area contributed by atoms with Crippen molar-refractivity contribution >= 4 is 38.3 Å². The lowest BCUT2D eigenvalue weighted by atomic mass is 10.2. The highest BCUT2D eigenvalue weighted by Gasteiger charge is 2.22. The maximum atomic E-state index is 14.6. The molecule has 0 aliphatic carbocycles. The second kappa shape index (κ2) is 5.86. The summed E-state index contributed by atoms with van der Waals surface area (Å²) in [7, 11) is 0. The number of hydrogen-bond donors (Lipinski definition) is 1. The van der Waals surface area contributed by atoms with Crippen LogP contribution in [0.25, 0.3) is 10.9 Å². The molecule has 4 rings (SSSR count). The molecule has 0 bridgehead atoms. The van der Waals surface area contributed by atoms with E-state index in [0.29, 0.717) is 16.5 Å². The third-order valence-corrected chi connectivity index (χ3v) is 4.19. The molecule has 122 valence electrons. The van der Waals surface area contributed by atoms with Gasteiger partial charge in [0, 0.05) is 5.39 Å². The predicted octanol–water partition coefficient (Wildman–Crippen LogP) is 4.19. The lowest BCUT2D eigenvalue weighted by molar-refractivity contribution is 0.165. The van der Waals surface area contributed by atoms with E-state index in [9.17, 15) is 8.78 Å². The molecule has 3 aromatic rings. The fourth-order valence-corrected chi connectivity index (χ4v) is 2.85. The van der Waals surface area contributed by atoms with Gasteiger partial charge in [-0.25, -0.2) is 18.7 Å². The number of rotatable bonds is 2. The zero-order valence-electron chi connectivity index (χ0n) is 12.1. The van der Waals surface area contributed by atoms with Crippen LogP contribution in [0.5, 0.6) is 11.5 Å². The van der Waals surface area contributed by atoms with Crippen LogP contribution in [-0.4, -0.2) is 23.2 Å². The Morgan fingerprint density at radius 2 is 1.92 bits per heavy atom. The molecular weight excluding hydrogens is 384 g/mol. The molecule has 1 aliphatic heterocycles. The van der Waals surface area contributed by atoms with Gasteiger partial charge >= 0.3 is 0 Å². The molecular formula is C16H10BrF2N3O2. The van der Waals surface area contributed by atoms with Crippen LogP contribution in [0.2, 0.25) is 0 Å². The lowest BCUT2D eigenvalue weighted by Gasteiger charge is -2.20. The largest absolute Gasteiger partial charge is 0.486 e. The first-order chi connectivity index (χ1) is 11.6. The van der Waals surface area contributed by atoms with Crippen LogP contribution >= 0.6 is 15.9 Å². The van der Waals surface area contributed by atoms with E-state index in [0.717, 1.165) is 0 Å². The van der Waals surface area contributed by atoms with Crippen molar-refractivity contribution in [1.82, 2.24) is 9.97 Å². The second-order valence-corrected chi connectivity index (χ2v) is 5.91. The zero-order valence-corrected chi connectivity index (χ0v) is 13.7. The zero-order chi connectivity index (χ0) is 16.7. The van der Waals surface area contributed by atoms with Crippen LogP contribution in [0.15, 0.2) is 35.1 Å². The summed E-state index contributed by atoms with van der Waals surface area (Å²) in [5, 5.41) is 3.24. The molecule has 0 saturated heterocycles. The average Bonchev–Trinajstić information content (AvgIpc) is 2.60. The Kier molecular flexibility index (Phi) is 3.68. The quantitative estimate of drug-likeness (QED) is 0.707. The van der Waals surface area contributed by atoms with Gasteiger partial charge in [0.25, 0.3) is 0 Å². The first-order valence-electron chi connectivity index (χ1n) is 7.09. The maximum absolute atomic E-state index is 14.6. The Morgan fingerprint density at radius 1 is 1.08 bits per heavy atom. The average molecular weight is 394 g/mol. The molecule has 2 aromatic carbocycles. The van der Waals surface area contributed by atoms with Gasteiger partial charge in [0.05, 0.1) is 10.2 Å². The molecule has 1 aliphatic rings. The lowest BCUT2D eigenvalue weighted by Crippen LogP contribution is -2.16. The molecule has 0 spiro atoms. The van der Waals surface area contributed by atoms with E-state index in [4.69, 9.17) is 9.47 Å². The molecule has 0 amide bonds. The van der Waals surface area contributed by atoms with Gasteiger partial charge in [-0.2, -0.15) is 0 Å². The van der Waals surface area contributed by atoms with Crippen molar-refractivity contribution in [2.24, 2.45) is 0 Å². The first kappa shape index (κ1) is 15.1. The molecule has 2 heterocycles. The highest BCUT2D eigenvalue weighted by molar-refractivity contribution is 9.10. The molecule has 5 nitrogen and oxygen atoms in total. The number of benzene rings is 2. The summed E-state index contributed by atoms with van der Waals surface area (Å²) in [4.78, 5) is 8.06. The predicted molar refractivity (Wildman–Crippen MR) is 87.9 cm³/mol. The van der Waals surface area contributed by atoms with Crippen molar-refractivity contribution in [3.8, 4) is 11.5 Å². The van der Waals surface area contributed by atoms with Crippen molar-refractivity contribution in [2.45, 2.75) is 0 Å². The minimum atomic E-state index is -0.623. The number of halogens is 3. The second-order valence-electron chi connectivity index (χ2n) is 5.06. The van der Waals surface area contributed by atoms with Crippen LogP contribution in [0.4, 0.5) is 20.3 Å². The standard InChI is InChI=1S/C16H10BrF2N3O2/c17-9-2-1-3-10(12(9)18)22-16-8-6-11-15(24-5-4-23-11)13(19)14(8)20-7-21-16/h1-3,6-7H,4-5H2,(H,20,21,22). The third-order valence-electron chi connectivity index (χ3n) is 3.58. The maximum Gasteiger partial charge on any atom is 0.199 e. The smallest absolute Gasteiger partial charge is 0.199 e. The number of ether oxygens (including phenoxy) is 2. The van der Waals surface area contributed by atoms with Crippen molar-refractivity contribution in [3.05, 3.63) is 46.7 Å². The molecule has 0 radical (unpaired) electrons. The topological polar surface area (TPSA) is 56.3 Å². The molecule has 0 atom stereocenters. The summed E-state index contributed by atoms with van der Waals surface area (Å²) in [6.07, 6.45) is 1.21. The molecule has 24 heavy (non-hydrogen) atoms. The molecule has 0 saturated carbocycles. The van der Waals surface area contributed by atoms with Crippen molar-refractivity contribution in [1.29, 1.82) is 0 Å². The number of fused-ring (bicyclic) bond motifs is 2. The van der Waals surface area contributed by atoms with Crippen molar-refractivity contribution in [2.75, 3.05) is 18.5 Å². The number of aromatic nitrogens is 2. The Hall–Kier alpha value is -2.48. The minimum absolute atomic E-state index is 0.0343. The number of nitrogens with zero attached hydrogens (tertiary/aromatic N) is 2. The van der Waals surface area contributed by atoms with Crippen LogP contribution in [-0.2, 0) is 0 Å². The van der Waals surface area contributed by atoms with Crippen molar-refractivity contribution < 1.29 is 18.3 Å². The third kappa shape index (κ3) is 2.43. The highest BCUT2D eigenvalue weighted by atomic mass is 79.9. The first-order valence-corrected chi connectivity index (χ1v) is 7.88. The Bertz CT molecular complexity index is 952. The number of anilines is 2. The van der Waals surface area contributed by atoms with Crippen LogP contribution in [0, 0.1) is 11.6 Å². The Morgan fingerprint density at radius 3 is 2.79 bits per heavy atom. The van der Waals surface area contributed by atoms with Crippen LogP contribution in [0.1, 0.15) is 0 Å². The fourth-order valence-electron chi connectivity index (χ4n) is 2.48. The highest BCUT2D eigenvalue weighted by Crippen LogP contribution is 2.39. The van der Waals surface area contributed by atoms with Gasteiger partial charge in [0.15, 0.2) is 23.1 Å². The van der Waals surface area contributed by atoms with Gasteiger partial charge in [-0.3, -0.25) is 0 Å². The molecule has 0 fully saturated rings. The van der Waals surface area contributed by atoms with Gasteiger partial charge < -0.3 is 14.8 Å². The summed E-state index contributed by atoms with van der Waals surface area (Å²) in [6, 6.07) is 6.41. The van der Waals surface area contributed by atoms with E-state index in [1.165, 1.54) is 6.33 Å². The van der Waals surface area contributed by atoms with E-state index < -0.39 is 11.6 Å². The van der Waals surface area contributed by atoms with Crippen LogP contribution in [0.3, 0.4) is 0 Å². The van der Waals surface area contributed by atoms with E-state index in [1.54, 1.807) is 24.3 Å². The van der Waals surface area contributed by atoms with Gasteiger partial charge in [0.1, 0.15) is 30.9 Å². The SMILES string of the molecule is Fc1c(Br)cccc1Nc1ncnc2c(F)c3c(cc12)OCCO3. The van der Waals surface area contributed by atoms with Gasteiger partial charge in [-0.1, -0.05) is 6.07 Å². The molecule has 8 heteroatoms. The summed E-state index contributed by atoms with van der Waals surface area (Å²) in [6.45, 7) is 0.601. The fraction of sp³-hybridized carbons (Fsp3) is 0.125. The monoisotopic (exact) mass is 393 g/mol. The summed E-state index contributed by atoms with van der Waals surface area (Å²) in [5.41, 5.74) is 0.284. The Balaban J connectivity index is 1.87. The normalized spacial score (nSPS) is 13.1. The van der Waals surface area contributed by atoms with E-state index in [-0.39, 0.29) is 35.1 Å². The molecule has 1 aromatic heterocycles. The number of nitrogens with one attached hydrogen (secondary N) is 1. The Labute approximate surface area is 143 Å². The van der Waals surface area contributed by atoms with Gasteiger partial charge in [-0.05, 0) is 34.1 Å². The van der Waals surface area contributed by atoms with E-state index >= 15 is 0 Å². The number of hydrogen-bond acceptors (Lipinski definition) is 5. The summed E-state index contributed by atoms with van der Waals surface area (Å²) < 4.78 is 39.8. The van der Waals surface area contributed by atoms with Gasteiger partial charge in [0.2, 0.25) is 0 Å². The minimum Gasteiger partial charge on any atom is -0.486 e.